The fourth-order valence-electron chi connectivity index (χ4n) is 2.18. The largest absolute Gasteiger partial charge is 0.465 e. The predicted octanol–water partition coefficient (Wildman–Crippen LogP) is 1.00. The van der Waals surface area contributed by atoms with Crippen molar-refractivity contribution >= 4 is 11.9 Å². The topological polar surface area (TPSA) is 80.3 Å². The highest BCUT2D eigenvalue weighted by atomic mass is 16.5. The van der Waals surface area contributed by atoms with Crippen LogP contribution in [0.25, 0.3) is 0 Å². The second-order valence-corrected chi connectivity index (χ2v) is 5.34. The molecule has 0 aliphatic carbocycles. The van der Waals surface area contributed by atoms with Crippen molar-refractivity contribution in [2.45, 2.75) is 32.5 Å². The van der Waals surface area contributed by atoms with E-state index in [-0.39, 0.29) is 11.8 Å². The Kier molecular flexibility index (Phi) is 3.76. The van der Waals surface area contributed by atoms with Crippen LogP contribution < -0.4 is 10.6 Å². The molecule has 108 valence electrons. The number of hydrogen-bond acceptors (Lipinski definition) is 5. The molecule has 1 aliphatic heterocycles. The molecule has 0 aromatic carbocycles. The summed E-state index contributed by atoms with van der Waals surface area (Å²) in [6, 6.07) is 3.29. The van der Waals surface area contributed by atoms with Crippen LogP contribution in [0.2, 0.25) is 0 Å². The van der Waals surface area contributed by atoms with Gasteiger partial charge in [0.1, 0.15) is 6.17 Å². The zero-order chi connectivity index (χ0) is 14.9. The molecule has 6 heteroatoms. The van der Waals surface area contributed by atoms with Crippen LogP contribution in [-0.2, 0) is 9.53 Å². The first kappa shape index (κ1) is 14.5. The fourth-order valence-corrected chi connectivity index (χ4v) is 2.18. The van der Waals surface area contributed by atoms with E-state index in [1.54, 1.807) is 18.3 Å². The lowest BCUT2D eigenvalue weighted by atomic mass is 9.89. The minimum absolute atomic E-state index is 0.0982. The van der Waals surface area contributed by atoms with Gasteiger partial charge in [-0.15, -0.1) is 0 Å². The number of pyridine rings is 1. The number of aromatic nitrogens is 1. The van der Waals surface area contributed by atoms with E-state index in [4.69, 9.17) is 4.74 Å². The SMILES string of the molecule is COC(=O)c1cccnc1C1NC(=O)C(C)(C(C)C)N1. The first-order valence-electron chi connectivity index (χ1n) is 6.52. The fraction of sp³-hybridized carbons (Fsp3) is 0.500. The second kappa shape index (κ2) is 5.20. The molecule has 0 radical (unpaired) electrons. The molecule has 2 heterocycles. The Morgan fingerprint density at radius 1 is 1.50 bits per heavy atom. The molecular weight excluding hydrogens is 258 g/mol. The van der Waals surface area contributed by atoms with E-state index in [1.807, 2.05) is 20.8 Å². The van der Waals surface area contributed by atoms with Crippen molar-refractivity contribution in [3.8, 4) is 0 Å². The van der Waals surface area contributed by atoms with E-state index in [0.717, 1.165) is 0 Å². The third kappa shape index (κ3) is 2.27. The summed E-state index contributed by atoms with van der Waals surface area (Å²) in [7, 11) is 1.32. The molecular formula is C14H19N3O3. The number of nitrogens with zero attached hydrogens (tertiary/aromatic N) is 1. The standard InChI is InChI=1S/C14H19N3O3/c1-8(2)14(3)13(19)16-11(17-14)10-9(12(18)20-4)6-5-7-15-10/h5-8,11,17H,1-4H3,(H,16,19). The number of amides is 1. The maximum Gasteiger partial charge on any atom is 0.339 e. The van der Waals surface area contributed by atoms with Gasteiger partial charge in [-0.2, -0.15) is 0 Å². The van der Waals surface area contributed by atoms with Crippen LogP contribution in [0.4, 0.5) is 0 Å². The number of nitrogens with one attached hydrogen (secondary N) is 2. The number of hydrogen-bond donors (Lipinski definition) is 2. The van der Waals surface area contributed by atoms with E-state index < -0.39 is 17.7 Å². The van der Waals surface area contributed by atoms with Crippen molar-refractivity contribution in [1.82, 2.24) is 15.6 Å². The lowest BCUT2D eigenvalue weighted by Crippen LogP contribution is -2.48. The first-order chi connectivity index (χ1) is 9.40. The molecule has 0 saturated carbocycles. The first-order valence-corrected chi connectivity index (χ1v) is 6.52. The maximum atomic E-state index is 12.2. The van der Waals surface area contributed by atoms with Crippen molar-refractivity contribution < 1.29 is 14.3 Å². The molecule has 1 amide bonds. The zero-order valence-electron chi connectivity index (χ0n) is 12.1. The van der Waals surface area contributed by atoms with Crippen LogP contribution in [0.1, 0.15) is 43.0 Å². The zero-order valence-corrected chi connectivity index (χ0v) is 12.1. The molecule has 0 spiro atoms. The predicted molar refractivity (Wildman–Crippen MR) is 72.8 cm³/mol. The summed E-state index contributed by atoms with van der Waals surface area (Å²) in [6.07, 6.45) is 1.09. The van der Waals surface area contributed by atoms with Gasteiger partial charge in [0.2, 0.25) is 5.91 Å². The van der Waals surface area contributed by atoms with Gasteiger partial charge in [-0.25, -0.2) is 4.79 Å². The number of rotatable bonds is 3. The molecule has 2 rings (SSSR count). The summed E-state index contributed by atoms with van der Waals surface area (Å²) < 4.78 is 4.74. The van der Waals surface area contributed by atoms with Crippen LogP contribution in [0, 0.1) is 5.92 Å². The highest BCUT2D eigenvalue weighted by molar-refractivity contribution is 5.92. The van der Waals surface area contributed by atoms with Crippen molar-refractivity contribution in [2.24, 2.45) is 5.92 Å². The van der Waals surface area contributed by atoms with Gasteiger partial charge < -0.3 is 10.1 Å². The summed E-state index contributed by atoms with van der Waals surface area (Å²) in [6.45, 7) is 5.77. The van der Waals surface area contributed by atoms with Gasteiger partial charge in [-0.05, 0) is 25.0 Å². The van der Waals surface area contributed by atoms with Gasteiger partial charge in [0, 0.05) is 6.20 Å². The van der Waals surface area contributed by atoms with E-state index in [2.05, 4.69) is 15.6 Å². The molecule has 20 heavy (non-hydrogen) atoms. The van der Waals surface area contributed by atoms with Crippen LogP contribution in [0.3, 0.4) is 0 Å². The van der Waals surface area contributed by atoms with Gasteiger partial charge in [-0.1, -0.05) is 13.8 Å². The normalized spacial score (nSPS) is 25.6. The summed E-state index contributed by atoms with van der Waals surface area (Å²) in [4.78, 5) is 28.1. The van der Waals surface area contributed by atoms with Crippen LogP contribution in [0.15, 0.2) is 18.3 Å². The molecule has 1 aliphatic rings. The van der Waals surface area contributed by atoms with E-state index in [0.29, 0.717) is 11.3 Å². The van der Waals surface area contributed by atoms with E-state index in [9.17, 15) is 9.59 Å². The Morgan fingerprint density at radius 3 is 2.75 bits per heavy atom. The molecule has 2 unspecified atom stereocenters. The summed E-state index contributed by atoms with van der Waals surface area (Å²) in [5.41, 5.74) is 0.133. The van der Waals surface area contributed by atoms with Gasteiger partial charge in [0.05, 0.1) is 23.9 Å². The minimum Gasteiger partial charge on any atom is -0.465 e. The maximum absolute atomic E-state index is 12.2. The Balaban J connectivity index is 2.36. The quantitative estimate of drug-likeness (QED) is 0.806. The van der Waals surface area contributed by atoms with Crippen molar-refractivity contribution in [3.05, 3.63) is 29.6 Å². The molecule has 2 atom stereocenters. The third-order valence-corrected chi connectivity index (χ3v) is 3.86. The van der Waals surface area contributed by atoms with E-state index in [1.165, 1.54) is 7.11 Å². The molecule has 1 fully saturated rings. The summed E-state index contributed by atoms with van der Waals surface area (Å²) in [5, 5.41) is 6.06. The Hall–Kier alpha value is -1.95. The number of methoxy groups -OCH3 is 1. The van der Waals surface area contributed by atoms with Crippen LogP contribution in [0.5, 0.6) is 0 Å². The molecule has 1 aromatic rings. The number of ether oxygens (including phenoxy) is 1. The van der Waals surface area contributed by atoms with Gasteiger partial charge in [0.15, 0.2) is 0 Å². The lowest BCUT2D eigenvalue weighted by Gasteiger charge is -2.26. The van der Waals surface area contributed by atoms with Crippen molar-refractivity contribution in [2.75, 3.05) is 7.11 Å². The smallest absolute Gasteiger partial charge is 0.339 e. The second-order valence-electron chi connectivity index (χ2n) is 5.34. The molecule has 1 saturated heterocycles. The molecule has 6 nitrogen and oxygen atoms in total. The Morgan fingerprint density at radius 2 is 2.20 bits per heavy atom. The van der Waals surface area contributed by atoms with Gasteiger partial charge in [0.25, 0.3) is 0 Å². The third-order valence-electron chi connectivity index (χ3n) is 3.86. The van der Waals surface area contributed by atoms with Crippen LogP contribution in [-0.4, -0.2) is 29.5 Å². The highest BCUT2D eigenvalue weighted by Crippen LogP contribution is 2.28. The van der Waals surface area contributed by atoms with Gasteiger partial charge in [-0.3, -0.25) is 15.1 Å². The number of carbonyl (C=O) groups is 2. The lowest BCUT2D eigenvalue weighted by molar-refractivity contribution is -0.125. The molecule has 0 bridgehead atoms. The minimum atomic E-state index is -0.685. The average Bonchev–Trinajstić information content (AvgIpc) is 2.75. The van der Waals surface area contributed by atoms with Gasteiger partial charge >= 0.3 is 5.97 Å². The Bertz CT molecular complexity index is 544. The molecule has 2 N–H and O–H groups in total. The number of carbonyl (C=O) groups excluding carboxylic acids is 2. The average molecular weight is 277 g/mol. The van der Waals surface area contributed by atoms with Crippen molar-refractivity contribution in [1.29, 1.82) is 0 Å². The summed E-state index contributed by atoms with van der Waals surface area (Å²) >= 11 is 0. The monoisotopic (exact) mass is 277 g/mol. The van der Waals surface area contributed by atoms with E-state index >= 15 is 0 Å². The highest BCUT2D eigenvalue weighted by Gasteiger charge is 2.46. The van der Waals surface area contributed by atoms with Crippen molar-refractivity contribution in [3.63, 3.8) is 0 Å². The number of esters is 1. The van der Waals surface area contributed by atoms with Crippen LogP contribution >= 0.6 is 0 Å². The Labute approximate surface area is 117 Å². The summed E-state index contributed by atoms with van der Waals surface area (Å²) in [5.74, 6) is -0.459. The molecule has 1 aromatic heterocycles.